The van der Waals surface area contributed by atoms with Crippen molar-refractivity contribution >= 4 is 5.97 Å². The van der Waals surface area contributed by atoms with Gasteiger partial charge in [-0.3, -0.25) is 0 Å². The Morgan fingerprint density at radius 1 is 1.08 bits per heavy atom. The van der Waals surface area contributed by atoms with Crippen LogP contribution in [-0.2, 0) is 15.5 Å². The molecule has 0 aliphatic heterocycles. The molecule has 4 nitrogen and oxygen atoms in total. The Labute approximate surface area is 133 Å². The van der Waals surface area contributed by atoms with E-state index >= 15 is 0 Å². The monoisotopic (exact) mass is 360 g/mol. The topological polar surface area (TPSA) is 55.8 Å². The van der Waals surface area contributed by atoms with Gasteiger partial charge in [-0.15, -0.1) is 0 Å². The van der Waals surface area contributed by atoms with Gasteiger partial charge in [-0.1, -0.05) is 0 Å². The average Bonchev–Trinajstić information content (AvgIpc) is 2.44. The zero-order valence-electron chi connectivity index (χ0n) is 12.8. The van der Waals surface area contributed by atoms with Gasteiger partial charge in [0.1, 0.15) is 5.75 Å². The molecule has 0 radical (unpaired) electrons. The number of alkyl halides is 6. The largest absolute Gasteiger partial charge is 0.481 e. The molecule has 10 heteroatoms. The Hall–Kier alpha value is -1.97. The number of halogens is 6. The molecule has 0 saturated heterocycles. The Morgan fingerprint density at radius 3 is 1.92 bits per heavy atom. The van der Waals surface area contributed by atoms with Crippen LogP contribution in [0.5, 0.6) is 5.75 Å². The summed E-state index contributed by atoms with van der Waals surface area (Å²) in [5.74, 6) is -11.8. The lowest BCUT2D eigenvalue weighted by molar-refractivity contribution is -0.390. The fraction of sp³-hybridized carbons (Fsp3) is 0.500. The van der Waals surface area contributed by atoms with Crippen molar-refractivity contribution in [1.82, 2.24) is 0 Å². The standard InChI is InChI=1S/C14H14F6O4/c1-7-4-9(12(15,16)13(17,22)14(18,19)20)5-8(2)11(7)24-6-10(21)23-3/h4-5,22H,6H2,1-3H3. The zero-order chi connectivity index (χ0) is 18.9. The van der Waals surface area contributed by atoms with E-state index in [0.717, 1.165) is 7.11 Å². The maximum Gasteiger partial charge on any atom is 0.455 e. The van der Waals surface area contributed by atoms with Crippen molar-refractivity contribution in [3.05, 3.63) is 28.8 Å². The molecule has 136 valence electrons. The molecule has 0 amide bonds. The summed E-state index contributed by atoms with van der Waals surface area (Å²) < 4.78 is 87.4. The van der Waals surface area contributed by atoms with Gasteiger partial charge in [0.2, 0.25) is 0 Å². The van der Waals surface area contributed by atoms with Gasteiger partial charge in [0.05, 0.1) is 7.11 Å². The number of esters is 1. The first kappa shape index (κ1) is 20.1. The van der Waals surface area contributed by atoms with Gasteiger partial charge in [0.25, 0.3) is 0 Å². The van der Waals surface area contributed by atoms with Crippen molar-refractivity contribution in [3.63, 3.8) is 0 Å². The van der Waals surface area contributed by atoms with Gasteiger partial charge in [0, 0.05) is 5.56 Å². The summed E-state index contributed by atoms with van der Waals surface area (Å²) in [6, 6.07) is 1.08. The molecule has 0 saturated carbocycles. The van der Waals surface area contributed by atoms with Crippen LogP contribution in [0, 0.1) is 13.8 Å². The Kier molecular flexibility index (Phi) is 5.44. The van der Waals surface area contributed by atoms with E-state index in [9.17, 15) is 31.1 Å². The van der Waals surface area contributed by atoms with E-state index in [2.05, 4.69) is 4.74 Å². The summed E-state index contributed by atoms with van der Waals surface area (Å²) >= 11 is 0. The molecular formula is C14H14F6O4. The lowest BCUT2D eigenvalue weighted by Gasteiger charge is -2.31. The number of carbonyl (C=O) groups is 1. The number of ether oxygens (including phenoxy) is 2. The molecule has 1 aromatic carbocycles. The van der Waals surface area contributed by atoms with Gasteiger partial charge < -0.3 is 14.6 Å². The summed E-state index contributed by atoms with van der Waals surface area (Å²) in [7, 11) is 1.09. The lowest BCUT2D eigenvalue weighted by atomic mass is 9.96. The minimum absolute atomic E-state index is 0.0469. The van der Waals surface area contributed by atoms with Crippen molar-refractivity contribution < 1.29 is 45.7 Å². The fourth-order valence-electron chi connectivity index (χ4n) is 1.92. The van der Waals surface area contributed by atoms with Crippen molar-refractivity contribution in [3.8, 4) is 5.75 Å². The highest BCUT2D eigenvalue weighted by Gasteiger charge is 2.71. The van der Waals surface area contributed by atoms with Gasteiger partial charge in [0.15, 0.2) is 6.61 Å². The number of methoxy groups -OCH3 is 1. The van der Waals surface area contributed by atoms with Crippen molar-refractivity contribution in [2.75, 3.05) is 13.7 Å². The molecule has 1 unspecified atom stereocenters. The van der Waals surface area contributed by atoms with Gasteiger partial charge >= 0.3 is 23.9 Å². The number of aryl methyl sites for hydroxylation is 2. The van der Waals surface area contributed by atoms with E-state index in [4.69, 9.17) is 9.84 Å². The van der Waals surface area contributed by atoms with Crippen molar-refractivity contribution in [1.29, 1.82) is 0 Å². The Morgan fingerprint density at radius 2 is 1.54 bits per heavy atom. The number of carbonyl (C=O) groups excluding carboxylic acids is 1. The molecule has 0 aliphatic rings. The number of benzene rings is 1. The van der Waals surface area contributed by atoms with E-state index in [1.807, 2.05) is 0 Å². The Balaban J connectivity index is 3.26. The molecule has 0 fully saturated rings. The van der Waals surface area contributed by atoms with Crippen LogP contribution in [-0.4, -0.2) is 36.8 Å². The van der Waals surface area contributed by atoms with Crippen LogP contribution in [0.1, 0.15) is 16.7 Å². The molecule has 0 aliphatic carbocycles. The predicted octanol–water partition coefficient (Wildman–Crippen LogP) is 3.17. The van der Waals surface area contributed by atoms with Gasteiger partial charge in [-0.25, -0.2) is 4.79 Å². The van der Waals surface area contributed by atoms with E-state index in [-0.39, 0.29) is 16.9 Å². The third-order valence-electron chi connectivity index (χ3n) is 3.18. The molecule has 0 heterocycles. The molecule has 0 aromatic heterocycles. The quantitative estimate of drug-likeness (QED) is 0.647. The van der Waals surface area contributed by atoms with Crippen LogP contribution in [0.2, 0.25) is 0 Å². The van der Waals surface area contributed by atoms with E-state index < -0.39 is 36.1 Å². The number of aliphatic hydroxyl groups is 1. The molecule has 1 rings (SSSR count). The first-order valence-corrected chi connectivity index (χ1v) is 6.43. The van der Waals surface area contributed by atoms with Gasteiger partial charge in [-0.2, -0.15) is 26.3 Å². The summed E-state index contributed by atoms with van der Waals surface area (Å²) in [5.41, 5.74) is -1.54. The van der Waals surface area contributed by atoms with Crippen LogP contribution >= 0.6 is 0 Å². The Bertz CT molecular complexity index is 601. The summed E-state index contributed by atoms with van der Waals surface area (Å²) in [6.45, 7) is 1.87. The second-order valence-electron chi connectivity index (χ2n) is 5.00. The minimum Gasteiger partial charge on any atom is -0.481 e. The van der Waals surface area contributed by atoms with E-state index in [1.165, 1.54) is 13.8 Å². The summed E-state index contributed by atoms with van der Waals surface area (Å²) in [4.78, 5) is 11.0. The number of hydrogen-bond donors (Lipinski definition) is 1. The fourth-order valence-corrected chi connectivity index (χ4v) is 1.92. The van der Waals surface area contributed by atoms with Crippen LogP contribution in [0.4, 0.5) is 26.3 Å². The highest BCUT2D eigenvalue weighted by atomic mass is 19.4. The summed E-state index contributed by atoms with van der Waals surface area (Å²) in [6.07, 6.45) is -6.20. The predicted molar refractivity (Wildman–Crippen MR) is 69.4 cm³/mol. The highest BCUT2D eigenvalue weighted by molar-refractivity contribution is 5.71. The lowest BCUT2D eigenvalue weighted by Crippen LogP contribution is -2.53. The smallest absolute Gasteiger partial charge is 0.455 e. The van der Waals surface area contributed by atoms with Crippen LogP contribution in [0.3, 0.4) is 0 Å². The second kappa shape index (κ2) is 6.50. The van der Waals surface area contributed by atoms with Crippen LogP contribution < -0.4 is 4.74 Å². The molecule has 24 heavy (non-hydrogen) atoms. The van der Waals surface area contributed by atoms with Crippen molar-refractivity contribution in [2.45, 2.75) is 31.8 Å². The van der Waals surface area contributed by atoms with Gasteiger partial charge in [-0.05, 0) is 37.1 Å². The molecule has 1 aromatic rings. The summed E-state index contributed by atoms with van der Waals surface area (Å²) in [5, 5.41) is 8.66. The third kappa shape index (κ3) is 3.58. The van der Waals surface area contributed by atoms with E-state index in [1.54, 1.807) is 0 Å². The molecule has 0 spiro atoms. The normalized spacial score (nSPS) is 14.9. The number of rotatable bonds is 5. The molecule has 0 bridgehead atoms. The molecule has 1 N–H and O–H groups in total. The molecular weight excluding hydrogens is 346 g/mol. The zero-order valence-corrected chi connectivity index (χ0v) is 12.8. The average molecular weight is 360 g/mol. The van der Waals surface area contributed by atoms with Crippen LogP contribution in [0.15, 0.2) is 12.1 Å². The highest BCUT2D eigenvalue weighted by Crippen LogP contribution is 2.49. The maximum atomic E-state index is 13.8. The minimum atomic E-state index is -6.20. The third-order valence-corrected chi connectivity index (χ3v) is 3.18. The van der Waals surface area contributed by atoms with E-state index in [0.29, 0.717) is 12.1 Å². The van der Waals surface area contributed by atoms with Crippen molar-refractivity contribution in [2.24, 2.45) is 0 Å². The van der Waals surface area contributed by atoms with Crippen LogP contribution in [0.25, 0.3) is 0 Å². The first-order valence-electron chi connectivity index (χ1n) is 6.43. The first-order chi connectivity index (χ1) is 10.8. The second-order valence-corrected chi connectivity index (χ2v) is 5.00. The number of hydrogen-bond acceptors (Lipinski definition) is 4. The SMILES string of the molecule is COC(=O)COc1c(C)cc(C(F)(F)C(O)(F)C(F)(F)F)cc1C. The maximum absolute atomic E-state index is 13.8. The molecule has 1 atom stereocenters.